The molecular weight excluding hydrogens is 164 g/mol. The van der Waals surface area contributed by atoms with Gasteiger partial charge in [0.25, 0.3) is 10.5 Å². The molecule has 0 aromatic heterocycles. The van der Waals surface area contributed by atoms with Gasteiger partial charge >= 0.3 is 0 Å². The molecule has 0 aromatic carbocycles. The van der Waals surface area contributed by atoms with Crippen molar-refractivity contribution in [3.05, 3.63) is 0 Å². The number of carbonyl (C=O) groups is 2. The number of thioether (sulfide) groups is 1. The second-order valence-corrected chi connectivity index (χ2v) is 3.33. The molecule has 0 aliphatic heterocycles. The fraction of sp³-hybridized carbons (Fsp3) is 0.667. The molecule has 0 aliphatic rings. The zero-order chi connectivity index (χ0) is 9.02. The number of nitrogens with zero attached hydrogens (tertiary/aromatic N) is 2. The fourth-order valence-corrected chi connectivity index (χ4v) is 0.772. The van der Waals surface area contributed by atoms with Crippen LogP contribution in [-0.2, 0) is 0 Å². The average Bonchev–Trinajstić information content (AvgIpc) is 1.87. The Hall–Kier alpha value is -0.710. The molecule has 0 unspecified atom stereocenters. The Labute approximate surface area is 70.5 Å². The monoisotopic (exact) mass is 176 g/mol. The molecule has 0 aromatic rings. The minimum Gasteiger partial charge on any atom is -0.339 e. The maximum Gasteiger partial charge on any atom is 0.290 e. The van der Waals surface area contributed by atoms with Crippen LogP contribution in [0.25, 0.3) is 0 Å². The summed E-state index contributed by atoms with van der Waals surface area (Å²) in [6, 6.07) is 0. The first-order chi connectivity index (χ1) is 4.95. The third-order valence-corrected chi connectivity index (χ3v) is 1.98. The minimum absolute atomic E-state index is 0.247. The van der Waals surface area contributed by atoms with Crippen LogP contribution in [0.3, 0.4) is 0 Å². The van der Waals surface area contributed by atoms with E-state index >= 15 is 0 Å². The Morgan fingerprint density at radius 3 is 1.36 bits per heavy atom. The van der Waals surface area contributed by atoms with Crippen molar-refractivity contribution in [2.45, 2.75) is 0 Å². The van der Waals surface area contributed by atoms with Crippen molar-refractivity contribution in [2.24, 2.45) is 0 Å². The standard InChI is InChI=1S/C6H12N2O2S/c1-7(2)5(9)11-6(10)8(3)4/h1-4H3. The molecule has 0 heterocycles. The molecule has 0 saturated carbocycles. The first kappa shape index (κ1) is 10.3. The molecule has 0 atom stereocenters. The number of carbonyl (C=O) groups excluding carboxylic acids is 2. The predicted octanol–water partition coefficient (Wildman–Crippen LogP) is 1.08. The van der Waals surface area contributed by atoms with Gasteiger partial charge in [-0.3, -0.25) is 9.59 Å². The van der Waals surface area contributed by atoms with E-state index in [4.69, 9.17) is 0 Å². The summed E-state index contributed by atoms with van der Waals surface area (Å²) in [7, 11) is 6.44. The fourth-order valence-electron chi connectivity index (χ4n) is 0.257. The summed E-state index contributed by atoms with van der Waals surface area (Å²) in [5.41, 5.74) is 0. The molecule has 0 N–H and O–H groups in total. The van der Waals surface area contributed by atoms with E-state index < -0.39 is 0 Å². The smallest absolute Gasteiger partial charge is 0.290 e. The third kappa shape index (κ3) is 3.87. The first-order valence-electron chi connectivity index (χ1n) is 3.05. The first-order valence-corrected chi connectivity index (χ1v) is 3.87. The van der Waals surface area contributed by atoms with E-state index in [0.717, 1.165) is 0 Å². The summed E-state index contributed by atoms with van der Waals surface area (Å²) in [6.45, 7) is 0. The average molecular weight is 176 g/mol. The van der Waals surface area contributed by atoms with E-state index in [1.165, 1.54) is 9.80 Å². The molecule has 0 saturated heterocycles. The summed E-state index contributed by atoms with van der Waals surface area (Å²) in [6.07, 6.45) is 0. The molecular formula is C6H12N2O2S. The van der Waals surface area contributed by atoms with Gasteiger partial charge < -0.3 is 9.80 Å². The lowest BCUT2D eigenvalue weighted by molar-refractivity contribution is 0.237. The van der Waals surface area contributed by atoms with E-state index in [-0.39, 0.29) is 10.5 Å². The van der Waals surface area contributed by atoms with Gasteiger partial charge in [0.2, 0.25) is 0 Å². The van der Waals surface area contributed by atoms with Gasteiger partial charge in [-0.15, -0.1) is 0 Å². The third-order valence-electron chi connectivity index (χ3n) is 0.905. The topological polar surface area (TPSA) is 40.6 Å². The summed E-state index contributed by atoms with van der Waals surface area (Å²) >= 11 is 0.690. The second-order valence-electron chi connectivity index (χ2n) is 2.42. The maximum absolute atomic E-state index is 10.9. The van der Waals surface area contributed by atoms with E-state index in [9.17, 15) is 9.59 Å². The highest BCUT2D eigenvalue weighted by molar-refractivity contribution is 8.25. The van der Waals surface area contributed by atoms with Crippen molar-refractivity contribution in [1.82, 2.24) is 9.80 Å². The molecule has 4 nitrogen and oxygen atoms in total. The molecule has 64 valence electrons. The molecule has 0 fully saturated rings. The zero-order valence-corrected chi connectivity index (χ0v) is 7.94. The Kier molecular flexibility index (Phi) is 3.95. The molecule has 5 heteroatoms. The molecule has 0 radical (unpaired) electrons. The quantitative estimate of drug-likeness (QED) is 0.554. The largest absolute Gasteiger partial charge is 0.339 e. The van der Waals surface area contributed by atoms with Crippen molar-refractivity contribution in [3.63, 3.8) is 0 Å². The Balaban J connectivity index is 3.86. The van der Waals surface area contributed by atoms with Crippen LogP contribution in [0.4, 0.5) is 9.59 Å². The van der Waals surface area contributed by atoms with Gasteiger partial charge in [-0.1, -0.05) is 0 Å². The van der Waals surface area contributed by atoms with Gasteiger partial charge in [-0.2, -0.15) is 0 Å². The van der Waals surface area contributed by atoms with E-state index in [2.05, 4.69) is 0 Å². The molecule has 2 amide bonds. The summed E-state index contributed by atoms with van der Waals surface area (Å²) in [5.74, 6) is 0. The van der Waals surface area contributed by atoms with Crippen molar-refractivity contribution in [1.29, 1.82) is 0 Å². The van der Waals surface area contributed by atoms with Crippen LogP contribution in [-0.4, -0.2) is 48.5 Å². The van der Waals surface area contributed by atoms with Crippen molar-refractivity contribution < 1.29 is 9.59 Å². The lowest BCUT2D eigenvalue weighted by Crippen LogP contribution is -2.23. The van der Waals surface area contributed by atoms with E-state index in [1.54, 1.807) is 28.2 Å². The predicted molar refractivity (Wildman–Crippen MR) is 45.8 cm³/mol. The summed E-state index contributed by atoms with van der Waals surface area (Å²) in [5, 5.41) is -0.493. The lowest BCUT2D eigenvalue weighted by atomic mass is 11.0. The molecule has 0 aliphatic carbocycles. The summed E-state index contributed by atoms with van der Waals surface area (Å²) in [4.78, 5) is 24.5. The Morgan fingerprint density at radius 1 is 0.909 bits per heavy atom. The van der Waals surface area contributed by atoms with Gasteiger partial charge in [0.1, 0.15) is 0 Å². The minimum atomic E-state index is -0.247. The zero-order valence-electron chi connectivity index (χ0n) is 7.12. The normalized spacial score (nSPS) is 9.09. The number of rotatable bonds is 0. The van der Waals surface area contributed by atoms with E-state index in [1.807, 2.05) is 0 Å². The van der Waals surface area contributed by atoms with Crippen molar-refractivity contribution in [3.8, 4) is 0 Å². The van der Waals surface area contributed by atoms with Gasteiger partial charge in [0.05, 0.1) is 0 Å². The highest BCUT2D eigenvalue weighted by Gasteiger charge is 2.13. The summed E-state index contributed by atoms with van der Waals surface area (Å²) < 4.78 is 0. The number of amides is 2. The highest BCUT2D eigenvalue weighted by Crippen LogP contribution is 2.09. The van der Waals surface area contributed by atoms with Crippen LogP contribution in [0.2, 0.25) is 0 Å². The van der Waals surface area contributed by atoms with Crippen molar-refractivity contribution in [2.75, 3.05) is 28.2 Å². The van der Waals surface area contributed by atoms with Gasteiger partial charge in [-0.25, -0.2) is 0 Å². The SMILES string of the molecule is CN(C)C(=O)SC(=O)N(C)C. The van der Waals surface area contributed by atoms with Crippen LogP contribution >= 0.6 is 11.8 Å². The van der Waals surface area contributed by atoms with Crippen LogP contribution < -0.4 is 0 Å². The number of hydrogen-bond donors (Lipinski definition) is 0. The van der Waals surface area contributed by atoms with Crippen molar-refractivity contribution >= 4 is 22.2 Å². The molecule has 0 spiro atoms. The molecule has 0 rings (SSSR count). The Morgan fingerprint density at radius 2 is 1.18 bits per heavy atom. The number of hydrogen-bond acceptors (Lipinski definition) is 3. The molecule has 0 bridgehead atoms. The van der Waals surface area contributed by atoms with Gasteiger partial charge in [0.15, 0.2) is 0 Å². The van der Waals surface area contributed by atoms with Crippen LogP contribution in [0.5, 0.6) is 0 Å². The van der Waals surface area contributed by atoms with E-state index in [0.29, 0.717) is 11.8 Å². The molecule has 11 heavy (non-hydrogen) atoms. The Bertz CT molecular complexity index is 150. The second kappa shape index (κ2) is 4.23. The highest BCUT2D eigenvalue weighted by atomic mass is 32.2. The van der Waals surface area contributed by atoms with Gasteiger partial charge in [-0.05, 0) is 0 Å². The lowest BCUT2D eigenvalue weighted by Gasteiger charge is -2.11. The van der Waals surface area contributed by atoms with Crippen LogP contribution in [0, 0.1) is 0 Å². The maximum atomic E-state index is 10.9. The van der Waals surface area contributed by atoms with Crippen LogP contribution in [0.1, 0.15) is 0 Å². The van der Waals surface area contributed by atoms with Gasteiger partial charge in [0, 0.05) is 40.0 Å². The van der Waals surface area contributed by atoms with Crippen LogP contribution in [0.15, 0.2) is 0 Å².